The standard InChI is InChI=1S/C23H27NO6/c1-15(25)29-14-20(22(13-23(24)28)30-16(2)26)7-6-17-4-3-5-19(12-17)18-8-10-21(27)11-9-18/h3-5,8-12,20,22,27H,6-7,13-14H2,1-2H3,(H2,24,28). The van der Waals surface area contributed by atoms with Gasteiger partial charge in [-0.1, -0.05) is 36.4 Å². The van der Waals surface area contributed by atoms with Crippen LogP contribution in [0.2, 0.25) is 0 Å². The van der Waals surface area contributed by atoms with E-state index in [1.54, 1.807) is 12.1 Å². The molecular formula is C23H27NO6. The molecule has 0 aromatic heterocycles. The number of phenols is 1. The minimum Gasteiger partial charge on any atom is -0.508 e. The third kappa shape index (κ3) is 7.58. The van der Waals surface area contributed by atoms with Gasteiger partial charge in [0.2, 0.25) is 5.91 Å². The van der Waals surface area contributed by atoms with Crippen LogP contribution in [0.3, 0.4) is 0 Å². The molecule has 0 aliphatic carbocycles. The first-order valence-corrected chi connectivity index (χ1v) is 9.72. The fourth-order valence-corrected chi connectivity index (χ4v) is 3.23. The molecule has 0 saturated carbocycles. The van der Waals surface area contributed by atoms with Crippen molar-refractivity contribution in [1.29, 1.82) is 0 Å². The van der Waals surface area contributed by atoms with Gasteiger partial charge in [0.05, 0.1) is 13.0 Å². The van der Waals surface area contributed by atoms with Gasteiger partial charge in [-0.2, -0.15) is 0 Å². The number of primary amides is 1. The van der Waals surface area contributed by atoms with Gasteiger partial charge in [-0.25, -0.2) is 0 Å². The molecule has 0 radical (unpaired) electrons. The largest absolute Gasteiger partial charge is 0.508 e. The van der Waals surface area contributed by atoms with Crippen molar-refractivity contribution in [3.8, 4) is 16.9 Å². The highest BCUT2D eigenvalue weighted by atomic mass is 16.6. The molecule has 0 spiro atoms. The first-order chi connectivity index (χ1) is 14.2. The second-order valence-corrected chi connectivity index (χ2v) is 7.17. The average Bonchev–Trinajstić information content (AvgIpc) is 2.67. The van der Waals surface area contributed by atoms with Crippen molar-refractivity contribution in [3.63, 3.8) is 0 Å². The summed E-state index contributed by atoms with van der Waals surface area (Å²) in [6, 6.07) is 14.8. The Morgan fingerprint density at radius 1 is 1.00 bits per heavy atom. The van der Waals surface area contributed by atoms with Crippen LogP contribution >= 0.6 is 0 Å². The predicted molar refractivity (Wildman–Crippen MR) is 111 cm³/mol. The van der Waals surface area contributed by atoms with Crippen LogP contribution in [0, 0.1) is 5.92 Å². The third-order valence-corrected chi connectivity index (χ3v) is 4.68. The zero-order valence-corrected chi connectivity index (χ0v) is 17.2. The summed E-state index contributed by atoms with van der Waals surface area (Å²) in [7, 11) is 0. The first kappa shape index (κ1) is 22.9. The Morgan fingerprint density at radius 2 is 1.70 bits per heavy atom. The van der Waals surface area contributed by atoms with Crippen molar-refractivity contribution in [2.75, 3.05) is 6.61 Å². The number of benzene rings is 2. The number of hydrogen-bond acceptors (Lipinski definition) is 6. The summed E-state index contributed by atoms with van der Waals surface area (Å²) in [5.74, 6) is -1.74. The maximum atomic E-state index is 11.5. The minimum absolute atomic E-state index is 0.0260. The molecule has 0 heterocycles. The molecule has 2 unspecified atom stereocenters. The number of rotatable bonds is 10. The van der Waals surface area contributed by atoms with E-state index in [0.29, 0.717) is 12.8 Å². The normalized spacial score (nSPS) is 12.6. The Morgan fingerprint density at radius 3 is 2.30 bits per heavy atom. The van der Waals surface area contributed by atoms with Crippen LogP contribution in [0.15, 0.2) is 48.5 Å². The summed E-state index contributed by atoms with van der Waals surface area (Å²) in [6.07, 6.45) is 0.241. The summed E-state index contributed by atoms with van der Waals surface area (Å²) in [5.41, 5.74) is 8.31. The number of phenolic OH excluding ortho intramolecular Hbond substituents is 1. The lowest BCUT2D eigenvalue weighted by Crippen LogP contribution is -2.34. The van der Waals surface area contributed by atoms with E-state index in [1.807, 2.05) is 36.4 Å². The van der Waals surface area contributed by atoms with Crippen LogP contribution in [0.4, 0.5) is 0 Å². The summed E-state index contributed by atoms with van der Waals surface area (Å²) < 4.78 is 10.4. The smallest absolute Gasteiger partial charge is 0.302 e. The molecule has 0 fully saturated rings. The van der Waals surface area contributed by atoms with Gasteiger partial charge in [0.15, 0.2) is 0 Å². The number of amides is 1. The van der Waals surface area contributed by atoms with Gasteiger partial charge >= 0.3 is 11.9 Å². The van der Waals surface area contributed by atoms with E-state index in [9.17, 15) is 19.5 Å². The fourth-order valence-electron chi connectivity index (χ4n) is 3.23. The molecule has 30 heavy (non-hydrogen) atoms. The molecule has 7 heteroatoms. The molecule has 2 aromatic carbocycles. The Balaban J connectivity index is 2.15. The van der Waals surface area contributed by atoms with Gasteiger partial charge in [-0.3, -0.25) is 14.4 Å². The molecule has 0 aliphatic rings. The second-order valence-electron chi connectivity index (χ2n) is 7.17. The molecule has 2 aromatic rings. The quantitative estimate of drug-likeness (QED) is 0.579. The van der Waals surface area contributed by atoms with Gasteiger partial charge in [0, 0.05) is 19.8 Å². The third-order valence-electron chi connectivity index (χ3n) is 4.68. The summed E-state index contributed by atoms with van der Waals surface area (Å²) in [6.45, 7) is 2.59. The second kappa shape index (κ2) is 11.0. The molecule has 0 saturated heterocycles. The number of carbonyl (C=O) groups is 3. The number of carbonyl (C=O) groups excluding carboxylic acids is 3. The van der Waals surface area contributed by atoms with Crippen molar-refractivity contribution in [2.24, 2.45) is 11.7 Å². The maximum absolute atomic E-state index is 11.5. The molecule has 0 aliphatic heterocycles. The van der Waals surface area contributed by atoms with Crippen LogP contribution in [0.5, 0.6) is 5.75 Å². The van der Waals surface area contributed by atoms with Crippen molar-refractivity contribution >= 4 is 17.8 Å². The Kier molecular flexibility index (Phi) is 8.41. The van der Waals surface area contributed by atoms with Crippen molar-refractivity contribution in [1.82, 2.24) is 0 Å². The van der Waals surface area contributed by atoms with Crippen LogP contribution in [0.1, 0.15) is 32.3 Å². The summed E-state index contributed by atoms with van der Waals surface area (Å²) >= 11 is 0. The van der Waals surface area contributed by atoms with Gasteiger partial charge in [0.25, 0.3) is 0 Å². The highest BCUT2D eigenvalue weighted by Gasteiger charge is 2.27. The molecule has 160 valence electrons. The van der Waals surface area contributed by atoms with Crippen molar-refractivity contribution < 1.29 is 29.0 Å². The maximum Gasteiger partial charge on any atom is 0.302 e. The van der Waals surface area contributed by atoms with E-state index >= 15 is 0 Å². The van der Waals surface area contributed by atoms with Crippen molar-refractivity contribution in [3.05, 3.63) is 54.1 Å². The first-order valence-electron chi connectivity index (χ1n) is 9.72. The zero-order chi connectivity index (χ0) is 22.1. The number of aromatic hydroxyl groups is 1. The average molecular weight is 413 g/mol. The number of esters is 2. The van der Waals surface area contributed by atoms with Crippen LogP contribution in [-0.4, -0.2) is 35.7 Å². The number of hydrogen-bond donors (Lipinski definition) is 2. The number of ether oxygens (including phenoxy) is 2. The minimum atomic E-state index is -0.764. The lowest BCUT2D eigenvalue weighted by Gasteiger charge is -2.25. The monoisotopic (exact) mass is 413 g/mol. The lowest BCUT2D eigenvalue weighted by molar-refractivity contribution is -0.154. The van der Waals surface area contributed by atoms with E-state index in [4.69, 9.17) is 15.2 Å². The van der Waals surface area contributed by atoms with E-state index in [-0.39, 0.29) is 24.7 Å². The van der Waals surface area contributed by atoms with Crippen molar-refractivity contribution in [2.45, 2.75) is 39.2 Å². The van der Waals surface area contributed by atoms with Crippen LogP contribution < -0.4 is 5.73 Å². The predicted octanol–water partition coefficient (Wildman–Crippen LogP) is 2.98. The topological polar surface area (TPSA) is 116 Å². The van der Waals surface area contributed by atoms with E-state index in [2.05, 4.69) is 0 Å². The fraction of sp³-hybridized carbons (Fsp3) is 0.348. The number of aryl methyl sites for hydroxylation is 1. The highest BCUT2D eigenvalue weighted by Crippen LogP contribution is 2.25. The Hall–Kier alpha value is -3.35. The van der Waals surface area contributed by atoms with Crippen LogP contribution in [0.25, 0.3) is 11.1 Å². The molecule has 7 nitrogen and oxygen atoms in total. The highest BCUT2D eigenvalue weighted by molar-refractivity contribution is 5.75. The van der Waals surface area contributed by atoms with Gasteiger partial charge in [0.1, 0.15) is 11.9 Å². The van der Waals surface area contributed by atoms with E-state index in [0.717, 1.165) is 16.7 Å². The van der Waals surface area contributed by atoms with E-state index < -0.39 is 23.9 Å². The van der Waals surface area contributed by atoms with Crippen LogP contribution in [-0.2, 0) is 30.3 Å². The lowest BCUT2D eigenvalue weighted by atomic mass is 9.92. The zero-order valence-electron chi connectivity index (χ0n) is 17.2. The number of nitrogens with two attached hydrogens (primary N) is 1. The molecule has 2 rings (SSSR count). The molecule has 0 bridgehead atoms. The molecular weight excluding hydrogens is 386 g/mol. The molecule has 1 amide bonds. The summed E-state index contributed by atoms with van der Waals surface area (Å²) in [4.78, 5) is 34.2. The van der Waals surface area contributed by atoms with Gasteiger partial charge in [-0.05, 0) is 41.7 Å². The van der Waals surface area contributed by atoms with Gasteiger partial charge in [-0.15, -0.1) is 0 Å². The summed E-state index contributed by atoms with van der Waals surface area (Å²) in [5, 5.41) is 9.47. The Bertz CT molecular complexity index is 862. The SMILES string of the molecule is CC(=O)OCC(CCc1cccc(-c2ccc(O)cc2)c1)C(CC(N)=O)OC(C)=O. The Labute approximate surface area is 175 Å². The molecule has 3 N–H and O–H groups in total. The van der Waals surface area contributed by atoms with E-state index in [1.165, 1.54) is 13.8 Å². The molecule has 2 atom stereocenters. The van der Waals surface area contributed by atoms with Gasteiger partial charge < -0.3 is 20.3 Å².